The van der Waals surface area contributed by atoms with Crippen molar-refractivity contribution >= 4 is 11.9 Å². The molecule has 0 atom stereocenters. The third-order valence-electron chi connectivity index (χ3n) is 3.65. The van der Waals surface area contributed by atoms with Gasteiger partial charge in [0, 0.05) is 6.54 Å². The summed E-state index contributed by atoms with van der Waals surface area (Å²) in [6.45, 7) is 0.618. The lowest BCUT2D eigenvalue weighted by molar-refractivity contribution is -0.141. The smallest absolute Gasteiger partial charge is 0.303 e. The fourth-order valence-corrected chi connectivity index (χ4v) is 2.38. The van der Waals surface area contributed by atoms with Crippen molar-refractivity contribution in [3.63, 3.8) is 0 Å². The quantitative estimate of drug-likeness (QED) is 0.715. The van der Waals surface area contributed by atoms with Crippen LogP contribution in [0.1, 0.15) is 42.0 Å². The molecule has 1 aliphatic carbocycles. The van der Waals surface area contributed by atoms with Crippen molar-refractivity contribution in [2.45, 2.75) is 32.2 Å². The van der Waals surface area contributed by atoms with Crippen molar-refractivity contribution in [1.82, 2.24) is 5.32 Å². The Morgan fingerprint density at radius 2 is 2.16 bits per heavy atom. The van der Waals surface area contributed by atoms with E-state index in [1.54, 1.807) is 12.1 Å². The summed E-state index contributed by atoms with van der Waals surface area (Å²) in [6.07, 6.45) is 2.79. The lowest BCUT2D eigenvalue weighted by atomic mass is 9.66. The van der Waals surface area contributed by atoms with Crippen LogP contribution < -0.4 is 11.1 Å². The van der Waals surface area contributed by atoms with E-state index in [9.17, 15) is 9.59 Å². The van der Waals surface area contributed by atoms with Crippen LogP contribution in [0.4, 0.5) is 0 Å². The van der Waals surface area contributed by atoms with E-state index in [0.29, 0.717) is 12.3 Å². The van der Waals surface area contributed by atoms with Gasteiger partial charge in [-0.3, -0.25) is 9.59 Å². The monoisotopic (exact) mass is 266 g/mol. The molecule has 1 aliphatic rings. The van der Waals surface area contributed by atoms with Gasteiger partial charge in [-0.05, 0) is 30.4 Å². The molecule has 0 radical (unpaired) electrons. The van der Waals surface area contributed by atoms with Gasteiger partial charge in [-0.2, -0.15) is 0 Å². The summed E-state index contributed by atoms with van der Waals surface area (Å²) >= 11 is 0. The Kier molecular flexibility index (Phi) is 3.90. The van der Waals surface area contributed by atoms with Crippen molar-refractivity contribution in [3.05, 3.63) is 23.7 Å². The van der Waals surface area contributed by atoms with Crippen molar-refractivity contribution in [1.29, 1.82) is 0 Å². The molecule has 4 N–H and O–H groups in total. The van der Waals surface area contributed by atoms with Gasteiger partial charge >= 0.3 is 5.97 Å². The number of carbonyl (C=O) groups excluding carboxylic acids is 1. The molecular weight excluding hydrogens is 248 g/mol. The maximum Gasteiger partial charge on any atom is 0.303 e. The minimum absolute atomic E-state index is 0.0967. The number of carboxylic acid groups (broad SMARTS) is 1. The van der Waals surface area contributed by atoms with Crippen molar-refractivity contribution in [2.24, 2.45) is 11.1 Å². The second-order valence-corrected chi connectivity index (χ2v) is 5.08. The van der Waals surface area contributed by atoms with E-state index in [1.807, 2.05) is 0 Å². The molecule has 1 aromatic rings. The molecule has 2 rings (SSSR count). The standard InChI is InChI=1S/C13H18N2O4/c14-7-9-2-3-10(19-9)12(18)15-8-13(4-1-5-13)6-11(16)17/h2-3H,1,4-8,14H2,(H,15,18)(H,16,17). The summed E-state index contributed by atoms with van der Waals surface area (Å²) in [5, 5.41) is 11.6. The fraction of sp³-hybridized carbons (Fsp3) is 0.538. The molecule has 0 bridgehead atoms. The van der Waals surface area contributed by atoms with Gasteiger partial charge in [-0.1, -0.05) is 6.42 Å². The lowest BCUT2D eigenvalue weighted by Gasteiger charge is -2.40. The Labute approximate surface area is 111 Å². The van der Waals surface area contributed by atoms with Crippen LogP contribution in [0.5, 0.6) is 0 Å². The largest absolute Gasteiger partial charge is 0.481 e. The van der Waals surface area contributed by atoms with E-state index in [2.05, 4.69) is 5.32 Å². The molecule has 19 heavy (non-hydrogen) atoms. The van der Waals surface area contributed by atoms with E-state index in [1.165, 1.54) is 0 Å². The molecule has 1 fully saturated rings. The van der Waals surface area contributed by atoms with Crippen molar-refractivity contribution in [2.75, 3.05) is 6.54 Å². The van der Waals surface area contributed by atoms with Crippen LogP contribution >= 0.6 is 0 Å². The molecule has 0 unspecified atom stereocenters. The summed E-state index contributed by atoms with van der Waals surface area (Å²) in [5.41, 5.74) is 5.11. The summed E-state index contributed by atoms with van der Waals surface area (Å²) < 4.78 is 5.24. The first-order valence-corrected chi connectivity index (χ1v) is 6.33. The lowest BCUT2D eigenvalue weighted by Crippen LogP contribution is -2.43. The van der Waals surface area contributed by atoms with E-state index in [0.717, 1.165) is 19.3 Å². The molecule has 1 amide bonds. The van der Waals surface area contributed by atoms with Crippen LogP contribution in [0.25, 0.3) is 0 Å². The summed E-state index contributed by atoms with van der Waals surface area (Å²) in [6, 6.07) is 3.23. The maximum absolute atomic E-state index is 11.9. The first kappa shape index (κ1) is 13.6. The molecule has 1 heterocycles. The van der Waals surface area contributed by atoms with Crippen LogP contribution in [0.2, 0.25) is 0 Å². The van der Waals surface area contributed by atoms with Gasteiger partial charge in [0.05, 0.1) is 13.0 Å². The Morgan fingerprint density at radius 1 is 1.42 bits per heavy atom. The Bertz CT molecular complexity index is 477. The van der Waals surface area contributed by atoms with Crippen LogP contribution in [0, 0.1) is 5.41 Å². The fourth-order valence-electron chi connectivity index (χ4n) is 2.38. The molecule has 0 aromatic carbocycles. The molecular formula is C13H18N2O4. The number of aliphatic carboxylic acids is 1. The van der Waals surface area contributed by atoms with Crippen molar-refractivity contribution in [3.8, 4) is 0 Å². The Morgan fingerprint density at radius 3 is 2.63 bits per heavy atom. The molecule has 1 aromatic heterocycles. The molecule has 0 saturated heterocycles. The average Bonchev–Trinajstić information content (AvgIpc) is 2.80. The predicted octanol–water partition coefficient (Wildman–Crippen LogP) is 1.11. The number of nitrogens with one attached hydrogen (secondary N) is 1. The Balaban J connectivity index is 1.90. The zero-order valence-electron chi connectivity index (χ0n) is 10.6. The van der Waals surface area contributed by atoms with E-state index in [4.69, 9.17) is 15.3 Å². The average molecular weight is 266 g/mol. The number of hydrogen-bond donors (Lipinski definition) is 3. The molecule has 104 valence electrons. The van der Waals surface area contributed by atoms with Crippen LogP contribution in [0.15, 0.2) is 16.5 Å². The van der Waals surface area contributed by atoms with Crippen LogP contribution in [-0.2, 0) is 11.3 Å². The van der Waals surface area contributed by atoms with Gasteiger partial charge in [0.25, 0.3) is 5.91 Å². The van der Waals surface area contributed by atoms with Gasteiger partial charge in [0.15, 0.2) is 5.76 Å². The molecule has 6 nitrogen and oxygen atoms in total. The number of carboxylic acids is 1. The SMILES string of the molecule is NCc1ccc(C(=O)NCC2(CC(=O)O)CCC2)o1. The molecule has 6 heteroatoms. The second kappa shape index (κ2) is 5.44. The van der Waals surface area contributed by atoms with E-state index >= 15 is 0 Å². The van der Waals surface area contributed by atoms with E-state index < -0.39 is 5.97 Å². The summed E-state index contributed by atoms with van der Waals surface area (Å²) in [4.78, 5) is 22.7. The number of carbonyl (C=O) groups is 2. The van der Waals surface area contributed by atoms with Crippen molar-refractivity contribution < 1.29 is 19.1 Å². The highest BCUT2D eigenvalue weighted by Gasteiger charge is 2.39. The number of rotatable bonds is 6. The normalized spacial score (nSPS) is 16.7. The maximum atomic E-state index is 11.9. The van der Waals surface area contributed by atoms with Crippen LogP contribution in [-0.4, -0.2) is 23.5 Å². The first-order chi connectivity index (χ1) is 9.04. The number of hydrogen-bond acceptors (Lipinski definition) is 4. The van der Waals surface area contributed by atoms with Gasteiger partial charge in [-0.25, -0.2) is 0 Å². The number of nitrogens with two attached hydrogens (primary N) is 1. The number of amides is 1. The third-order valence-corrected chi connectivity index (χ3v) is 3.65. The third kappa shape index (κ3) is 3.14. The van der Waals surface area contributed by atoms with Gasteiger partial charge in [0.2, 0.25) is 0 Å². The zero-order chi connectivity index (χ0) is 13.9. The first-order valence-electron chi connectivity index (χ1n) is 6.33. The molecule has 0 aliphatic heterocycles. The second-order valence-electron chi connectivity index (χ2n) is 5.08. The van der Waals surface area contributed by atoms with Crippen LogP contribution in [0.3, 0.4) is 0 Å². The number of furan rings is 1. The highest BCUT2D eigenvalue weighted by Crippen LogP contribution is 2.43. The topological polar surface area (TPSA) is 106 Å². The zero-order valence-corrected chi connectivity index (χ0v) is 10.6. The van der Waals surface area contributed by atoms with Gasteiger partial charge < -0.3 is 20.6 Å². The minimum atomic E-state index is -0.822. The summed E-state index contributed by atoms with van der Waals surface area (Å²) in [5.74, 6) is -0.381. The Hall–Kier alpha value is -1.82. The highest BCUT2D eigenvalue weighted by molar-refractivity contribution is 5.91. The molecule has 0 spiro atoms. The predicted molar refractivity (Wildman–Crippen MR) is 67.5 cm³/mol. The minimum Gasteiger partial charge on any atom is -0.481 e. The van der Waals surface area contributed by atoms with Gasteiger partial charge in [-0.15, -0.1) is 0 Å². The van der Waals surface area contributed by atoms with Gasteiger partial charge in [0.1, 0.15) is 5.76 Å². The highest BCUT2D eigenvalue weighted by atomic mass is 16.4. The van der Waals surface area contributed by atoms with E-state index in [-0.39, 0.29) is 30.0 Å². The summed E-state index contributed by atoms with van der Waals surface area (Å²) in [7, 11) is 0. The molecule has 1 saturated carbocycles.